The third kappa shape index (κ3) is 5.38. The average Bonchev–Trinajstić information content (AvgIpc) is 3.28. The van der Waals surface area contributed by atoms with Crippen molar-refractivity contribution in [2.75, 3.05) is 0 Å². The summed E-state index contributed by atoms with van der Waals surface area (Å²) in [5, 5.41) is 3.69. The molecule has 0 saturated heterocycles. The van der Waals surface area contributed by atoms with Crippen LogP contribution in [0.15, 0.2) is 125 Å². The Kier molecular flexibility index (Phi) is 7.27. The molecule has 194 valence electrons. The van der Waals surface area contributed by atoms with Crippen LogP contribution in [0.3, 0.4) is 0 Å². The van der Waals surface area contributed by atoms with Crippen LogP contribution in [0.5, 0.6) is 0 Å². The van der Waals surface area contributed by atoms with Crippen molar-refractivity contribution in [2.45, 2.75) is 52.0 Å². The van der Waals surface area contributed by atoms with E-state index in [1.807, 2.05) is 0 Å². The number of aliphatic imine (C=N–C) groups is 1. The molecule has 39 heavy (non-hydrogen) atoms. The highest BCUT2D eigenvalue weighted by Crippen LogP contribution is 2.38. The Bertz CT molecular complexity index is 1560. The van der Waals surface area contributed by atoms with Crippen molar-refractivity contribution < 1.29 is 0 Å². The van der Waals surface area contributed by atoms with Crippen molar-refractivity contribution in [1.82, 2.24) is 5.32 Å². The van der Waals surface area contributed by atoms with Gasteiger partial charge in [0.2, 0.25) is 0 Å². The summed E-state index contributed by atoms with van der Waals surface area (Å²) < 4.78 is 0. The van der Waals surface area contributed by atoms with Crippen molar-refractivity contribution in [3.63, 3.8) is 0 Å². The summed E-state index contributed by atoms with van der Waals surface area (Å²) in [6, 6.07) is 26.1. The normalized spacial score (nSPS) is 19.1. The van der Waals surface area contributed by atoms with E-state index in [0.29, 0.717) is 0 Å². The monoisotopic (exact) mass is 508 g/mol. The van der Waals surface area contributed by atoms with E-state index < -0.39 is 0 Å². The summed E-state index contributed by atoms with van der Waals surface area (Å²) in [6.45, 7) is 4.43. The second kappa shape index (κ2) is 11.3. The van der Waals surface area contributed by atoms with Crippen LogP contribution >= 0.6 is 0 Å². The average molecular weight is 509 g/mol. The van der Waals surface area contributed by atoms with E-state index in [9.17, 15) is 0 Å². The molecule has 0 amide bonds. The van der Waals surface area contributed by atoms with Gasteiger partial charge in [-0.2, -0.15) is 0 Å². The smallest absolute Gasteiger partial charge is 0.129 e. The first-order valence-electron chi connectivity index (χ1n) is 14.2. The molecule has 2 heteroatoms. The number of hydrogen-bond donors (Lipinski definition) is 1. The number of nitrogens with zero attached hydrogens (tertiary/aromatic N) is 1. The maximum atomic E-state index is 5.25. The highest BCUT2D eigenvalue weighted by Gasteiger charge is 2.23. The van der Waals surface area contributed by atoms with Gasteiger partial charge in [0, 0.05) is 5.70 Å². The molecule has 3 aromatic carbocycles. The van der Waals surface area contributed by atoms with Gasteiger partial charge in [-0.15, -0.1) is 0 Å². The van der Waals surface area contributed by atoms with Crippen LogP contribution in [-0.4, -0.2) is 11.9 Å². The number of hydrogen-bond acceptors (Lipinski definition) is 2. The molecule has 0 saturated carbocycles. The standard InChI is InChI=1S/C37H36N2/c1-26-13-10-11-19-32(26)36-27(2)14-12-20-33(36)28-21-23-31(24-22-28)37-38-34(29-15-6-3-4-7-16-29)25-35(39-37)30-17-8-5-9-18-30/h5-6,8-21,23,25,34H,3-4,7,22,24H2,1-2H3,(H,38,39). The Morgan fingerprint density at radius 3 is 2.31 bits per heavy atom. The van der Waals surface area contributed by atoms with E-state index in [2.05, 4.69) is 128 Å². The van der Waals surface area contributed by atoms with E-state index in [4.69, 9.17) is 4.99 Å². The number of aryl methyl sites for hydroxylation is 2. The minimum atomic E-state index is 0.0292. The van der Waals surface area contributed by atoms with Crippen LogP contribution in [-0.2, 0) is 0 Å². The summed E-state index contributed by atoms with van der Waals surface area (Å²) >= 11 is 0. The maximum Gasteiger partial charge on any atom is 0.129 e. The maximum absolute atomic E-state index is 5.25. The first-order valence-corrected chi connectivity index (χ1v) is 14.2. The third-order valence-electron chi connectivity index (χ3n) is 8.02. The molecular weight excluding hydrogens is 472 g/mol. The molecule has 6 rings (SSSR count). The molecule has 3 aliphatic rings. The summed E-state index contributed by atoms with van der Waals surface area (Å²) in [5.41, 5.74) is 13.0. The molecule has 1 aliphatic heterocycles. The Morgan fingerprint density at radius 2 is 1.49 bits per heavy atom. The van der Waals surface area contributed by atoms with E-state index >= 15 is 0 Å². The van der Waals surface area contributed by atoms with Crippen LogP contribution in [0.25, 0.3) is 22.4 Å². The van der Waals surface area contributed by atoms with Gasteiger partial charge in [0.15, 0.2) is 0 Å². The Hall–Kier alpha value is -4.17. The molecule has 1 unspecified atom stereocenters. The molecule has 0 radical (unpaired) electrons. The highest BCUT2D eigenvalue weighted by molar-refractivity contribution is 6.05. The number of amidine groups is 1. The minimum Gasteiger partial charge on any atom is -0.340 e. The molecule has 0 spiro atoms. The fourth-order valence-corrected chi connectivity index (χ4v) is 5.87. The van der Waals surface area contributed by atoms with E-state index in [0.717, 1.165) is 37.2 Å². The largest absolute Gasteiger partial charge is 0.340 e. The highest BCUT2D eigenvalue weighted by atomic mass is 15.0. The fraction of sp³-hybridized carbons (Fsp3) is 0.216. The topological polar surface area (TPSA) is 24.4 Å². The first kappa shape index (κ1) is 25.1. The van der Waals surface area contributed by atoms with Crippen LogP contribution in [0, 0.1) is 13.8 Å². The summed E-state index contributed by atoms with van der Waals surface area (Å²) in [5.74, 6) is 0.999. The molecule has 0 bridgehead atoms. The molecule has 1 atom stereocenters. The fourth-order valence-electron chi connectivity index (χ4n) is 5.87. The van der Waals surface area contributed by atoms with Crippen molar-refractivity contribution >= 4 is 17.1 Å². The quantitative estimate of drug-likeness (QED) is 0.365. The summed E-state index contributed by atoms with van der Waals surface area (Å²) in [7, 11) is 0. The van der Waals surface area contributed by atoms with Crippen LogP contribution in [0.1, 0.15) is 54.4 Å². The lowest BCUT2D eigenvalue weighted by Crippen LogP contribution is -2.31. The van der Waals surface area contributed by atoms with Gasteiger partial charge in [0.1, 0.15) is 5.84 Å². The zero-order chi connectivity index (χ0) is 26.6. The second-order valence-electron chi connectivity index (χ2n) is 10.7. The lowest BCUT2D eigenvalue weighted by Gasteiger charge is -2.26. The number of allylic oxidation sites excluding steroid dienone is 5. The van der Waals surface area contributed by atoms with Gasteiger partial charge < -0.3 is 5.32 Å². The molecule has 0 fully saturated rings. The van der Waals surface area contributed by atoms with Gasteiger partial charge in [-0.05, 0) is 102 Å². The van der Waals surface area contributed by atoms with Gasteiger partial charge in [-0.25, -0.2) is 0 Å². The van der Waals surface area contributed by atoms with E-state index in [1.54, 1.807) is 0 Å². The second-order valence-corrected chi connectivity index (χ2v) is 10.7. The Morgan fingerprint density at radius 1 is 0.744 bits per heavy atom. The van der Waals surface area contributed by atoms with Crippen LogP contribution in [0.2, 0.25) is 0 Å². The zero-order valence-corrected chi connectivity index (χ0v) is 23.0. The van der Waals surface area contributed by atoms with Crippen molar-refractivity contribution in [1.29, 1.82) is 0 Å². The SMILES string of the molecule is Cc1ccccc1-c1c(C)cccc1C1=CC=C(C2=NC(C3=CCCCC=C3)C=C(c3ccccc3)N2)CC1. The van der Waals surface area contributed by atoms with Gasteiger partial charge in [-0.3, -0.25) is 4.99 Å². The molecule has 2 aliphatic carbocycles. The molecule has 0 aromatic heterocycles. The van der Waals surface area contributed by atoms with E-state index in [1.165, 1.54) is 56.5 Å². The van der Waals surface area contributed by atoms with Crippen molar-refractivity contribution in [3.05, 3.63) is 143 Å². The lowest BCUT2D eigenvalue weighted by atomic mass is 9.85. The van der Waals surface area contributed by atoms with E-state index in [-0.39, 0.29) is 6.04 Å². The predicted octanol–water partition coefficient (Wildman–Crippen LogP) is 9.15. The van der Waals surface area contributed by atoms with Gasteiger partial charge >= 0.3 is 0 Å². The summed E-state index contributed by atoms with van der Waals surface area (Å²) in [6.07, 6.45) is 19.3. The van der Waals surface area contributed by atoms with Crippen LogP contribution in [0.4, 0.5) is 0 Å². The predicted molar refractivity (Wildman–Crippen MR) is 166 cm³/mol. The molecular formula is C37H36N2. The molecule has 2 nitrogen and oxygen atoms in total. The van der Waals surface area contributed by atoms with Crippen molar-refractivity contribution in [3.8, 4) is 11.1 Å². The lowest BCUT2D eigenvalue weighted by molar-refractivity contribution is 0.865. The van der Waals surface area contributed by atoms with Gasteiger partial charge in [-0.1, -0.05) is 103 Å². The van der Waals surface area contributed by atoms with Crippen LogP contribution < -0.4 is 5.32 Å². The van der Waals surface area contributed by atoms with Crippen molar-refractivity contribution in [2.24, 2.45) is 4.99 Å². The molecule has 1 N–H and O–H groups in total. The van der Waals surface area contributed by atoms with Gasteiger partial charge in [0.05, 0.1) is 6.04 Å². The Balaban J connectivity index is 1.36. The molecule has 3 aromatic rings. The zero-order valence-electron chi connectivity index (χ0n) is 23.0. The third-order valence-corrected chi connectivity index (χ3v) is 8.02. The number of nitrogens with one attached hydrogen (secondary N) is 1. The number of rotatable bonds is 5. The molecule has 1 heterocycles. The minimum absolute atomic E-state index is 0.0292. The Labute approximate surface area is 232 Å². The summed E-state index contributed by atoms with van der Waals surface area (Å²) in [4.78, 5) is 5.25. The first-order chi connectivity index (χ1) is 19.2. The van der Waals surface area contributed by atoms with Gasteiger partial charge in [0.25, 0.3) is 0 Å². The number of benzene rings is 3.